The van der Waals surface area contributed by atoms with Crippen molar-refractivity contribution < 1.29 is 27.4 Å². The van der Waals surface area contributed by atoms with Crippen molar-refractivity contribution in [2.75, 3.05) is 27.4 Å². The molecule has 0 saturated heterocycles. The molecule has 1 rings (SSSR count). The Kier molecular flexibility index (Phi) is 5.44. The average molecular weight is 279 g/mol. The molecule has 1 unspecified atom stereocenters. The van der Waals surface area contributed by atoms with E-state index in [0.717, 1.165) is 0 Å². The Labute approximate surface area is 109 Å². The third-order valence-electron chi connectivity index (χ3n) is 2.40. The summed E-state index contributed by atoms with van der Waals surface area (Å²) >= 11 is 0. The van der Waals surface area contributed by atoms with E-state index in [1.807, 2.05) is 0 Å². The third kappa shape index (κ3) is 4.96. The lowest BCUT2D eigenvalue weighted by molar-refractivity contribution is -0.174. The third-order valence-corrected chi connectivity index (χ3v) is 2.40. The normalized spacial score (nSPS) is 13.2. The highest BCUT2D eigenvalue weighted by Crippen LogP contribution is 2.28. The van der Waals surface area contributed by atoms with Gasteiger partial charge < -0.3 is 19.9 Å². The topological polar surface area (TPSA) is 53.7 Å². The van der Waals surface area contributed by atoms with Crippen molar-refractivity contribution in [3.63, 3.8) is 0 Å². The molecule has 0 aliphatic rings. The van der Waals surface area contributed by atoms with E-state index in [4.69, 9.17) is 15.2 Å². The molecule has 7 heteroatoms. The first-order valence-electron chi connectivity index (χ1n) is 5.49. The summed E-state index contributed by atoms with van der Waals surface area (Å²) in [6.45, 7) is -1.59. The van der Waals surface area contributed by atoms with Crippen molar-refractivity contribution in [3.05, 3.63) is 23.8 Å². The van der Waals surface area contributed by atoms with Crippen LogP contribution in [-0.2, 0) is 4.74 Å². The van der Waals surface area contributed by atoms with E-state index < -0.39 is 18.8 Å². The first-order valence-corrected chi connectivity index (χ1v) is 5.49. The molecule has 0 spiro atoms. The molecular weight excluding hydrogens is 263 g/mol. The van der Waals surface area contributed by atoms with Gasteiger partial charge in [0.2, 0.25) is 0 Å². The second-order valence-corrected chi connectivity index (χ2v) is 3.84. The lowest BCUT2D eigenvalue weighted by atomic mass is 10.1. The van der Waals surface area contributed by atoms with Crippen molar-refractivity contribution in [1.29, 1.82) is 0 Å². The lowest BCUT2D eigenvalue weighted by Crippen LogP contribution is -2.23. The zero-order chi connectivity index (χ0) is 14.5. The minimum atomic E-state index is -4.36. The number of ether oxygens (including phenoxy) is 3. The van der Waals surface area contributed by atoms with Crippen LogP contribution in [0.1, 0.15) is 11.6 Å². The fourth-order valence-corrected chi connectivity index (χ4v) is 1.52. The van der Waals surface area contributed by atoms with Crippen LogP contribution in [0.2, 0.25) is 0 Å². The van der Waals surface area contributed by atoms with Gasteiger partial charge in [-0.15, -0.1) is 0 Å². The van der Waals surface area contributed by atoms with Crippen LogP contribution in [-0.4, -0.2) is 33.6 Å². The SMILES string of the molecule is COc1ccc(OC)c(C(N)COCC(F)(F)F)c1. The number of alkyl halides is 3. The molecule has 0 saturated carbocycles. The maximum absolute atomic E-state index is 12.0. The predicted molar refractivity (Wildman–Crippen MR) is 63.3 cm³/mol. The van der Waals surface area contributed by atoms with E-state index in [2.05, 4.69) is 4.74 Å². The summed E-state index contributed by atoms with van der Waals surface area (Å²) in [5.41, 5.74) is 6.33. The second-order valence-electron chi connectivity index (χ2n) is 3.84. The predicted octanol–water partition coefficient (Wildman–Crippen LogP) is 2.28. The molecule has 19 heavy (non-hydrogen) atoms. The van der Waals surface area contributed by atoms with Crippen molar-refractivity contribution in [2.45, 2.75) is 12.2 Å². The summed E-state index contributed by atoms with van der Waals surface area (Å²) in [5, 5.41) is 0. The Hall–Kier alpha value is -1.47. The highest BCUT2D eigenvalue weighted by atomic mass is 19.4. The molecule has 108 valence electrons. The average Bonchev–Trinajstić information content (AvgIpc) is 2.36. The van der Waals surface area contributed by atoms with Gasteiger partial charge in [0.05, 0.1) is 26.9 Å². The summed E-state index contributed by atoms with van der Waals surface area (Å²) in [5.74, 6) is 1.02. The molecule has 1 aromatic rings. The van der Waals surface area contributed by atoms with Crippen LogP contribution < -0.4 is 15.2 Å². The van der Waals surface area contributed by atoms with Crippen LogP contribution in [0.5, 0.6) is 11.5 Å². The van der Waals surface area contributed by atoms with Gasteiger partial charge in [-0.25, -0.2) is 0 Å². The summed E-state index contributed by atoms with van der Waals surface area (Å²) in [6.07, 6.45) is -4.36. The van der Waals surface area contributed by atoms with Gasteiger partial charge in [0.25, 0.3) is 0 Å². The van der Waals surface area contributed by atoms with Gasteiger partial charge in [-0.05, 0) is 18.2 Å². The maximum atomic E-state index is 12.0. The van der Waals surface area contributed by atoms with Gasteiger partial charge >= 0.3 is 6.18 Å². The van der Waals surface area contributed by atoms with Crippen LogP contribution in [0.15, 0.2) is 18.2 Å². The first-order chi connectivity index (χ1) is 8.87. The van der Waals surface area contributed by atoms with Crippen molar-refractivity contribution >= 4 is 0 Å². The minimum Gasteiger partial charge on any atom is -0.497 e. The molecule has 0 aliphatic carbocycles. The highest BCUT2D eigenvalue weighted by molar-refractivity contribution is 5.42. The van der Waals surface area contributed by atoms with Crippen molar-refractivity contribution in [1.82, 2.24) is 0 Å². The largest absolute Gasteiger partial charge is 0.497 e. The monoisotopic (exact) mass is 279 g/mol. The molecule has 0 amide bonds. The Morgan fingerprint density at radius 2 is 1.89 bits per heavy atom. The Morgan fingerprint density at radius 1 is 1.21 bits per heavy atom. The number of hydrogen-bond donors (Lipinski definition) is 1. The molecule has 0 aromatic heterocycles. The van der Waals surface area contributed by atoms with E-state index in [9.17, 15) is 13.2 Å². The maximum Gasteiger partial charge on any atom is 0.411 e. The van der Waals surface area contributed by atoms with Gasteiger partial charge in [0.1, 0.15) is 18.1 Å². The second kappa shape index (κ2) is 6.63. The van der Waals surface area contributed by atoms with Crippen LogP contribution in [0, 0.1) is 0 Å². The molecule has 0 bridgehead atoms. The molecule has 2 N–H and O–H groups in total. The van der Waals surface area contributed by atoms with Gasteiger partial charge in [-0.2, -0.15) is 13.2 Å². The zero-order valence-electron chi connectivity index (χ0n) is 10.7. The summed E-state index contributed by atoms with van der Waals surface area (Å²) in [7, 11) is 2.94. The van der Waals surface area contributed by atoms with Gasteiger partial charge in [-0.3, -0.25) is 0 Å². The standard InChI is InChI=1S/C12H16F3NO3/c1-17-8-3-4-11(18-2)9(5-8)10(16)6-19-7-12(13,14)15/h3-5,10H,6-7,16H2,1-2H3. The Bertz CT molecular complexity index is 410. The Balaban J connectivity index is 2.72. The molecule has 4 nitrogen and oxygen atoms in total. The minimum absolute atomic E-state index is 0.261. The quantitative estimate of drug-likeness (QED) is 0.868. The van der Waals surface area contributed by atoms with E-state index in [1.165, 1.54) is 14.2 Å². The van der Waals surface area contributed by atoms with Crippen LogP contribution in [0.4, 0.5) is 13.2 Å². The summed E-state index contributed by atoms with van der Waals surface area (Å²) < 4.78 is 50.6. The number of nitrogens with two attached hydrogens (primary N) is 1. The summed E-state index contributed by atoms with van der Waals surface area (Å²) in [6, 6.07) is 4.19. The number of rotatable bonds is 6. The highest BCUT2D eigenvalue weighted by Gasteiger charge is 2.28. The number of hydrogen-bond acceptors (Lipinski definition) is 4. The number of halogens is 3. The fraction of sp³-hybridized carbons (Fsp3) is 0.500. The fourth-order valence-electron chi connectivity index (χ4n) is 1.52. The summed E-state index contributed by atoms with van der Waals surface area (Å²) in [4.78, 5) is 0. The molecule has 0 radical (unpaired) electrons. The molecule has 1 aromatic carbocycles. The molecular formula is C12H16F3NO3. The molecule has 1 atom stereocenters. The van der Waals surface area contributed by atoms with E-state index in [1.54, 1.807) is 18.2 Å². The van der Waals surface area contributed by atoms with Crippen molar-refractivity contribution in [2.24, 2.45) is 5.73 Å². The number of methoxy groups -OCH3 is 2. The van der Waals surface area contributed by atoms with Crippen LogP contribution in [0.25, 0.3) is 0 Å². The van der Waals surface area contributed by atoms with Gasteiger partial charge in [0.15, 0.2) is 0 Å². The van der Waals surface area contributed by atoms with Gasteiger partial charge in [-0.1, -0.05) is 0 Å². The molecule has 0 fully saturated rings. The first kappa shape index (κ1) is 15.6. The van der Waals surface area contributed by atoms with E-state index >= 15 is 0 Å². The van der Waals surface area contributed by atoms with E-state index in [0.29, 0.717) is 17.1 Å². The molecule has 0 aliphatic heterocycles. The zero-order valence-corrected chi connectivity index (χ0v) is 10.7. The molecule has 0 heterocycles. The van der Waals surface area contributed by atoms with Crippen molar-refractivity contribution in [3.8, 4) is 11.5 Å². The lowest BCUT2D eigenvalue weighted by Gasteiger charge is -2.17. The smallest absolute Gasteiger partial charge is 0.411 e. The van der Waals surface area contributed by atoms with E-state index in [-0.39, 0.29) is 6.61 Å². The van der Waals surface area contributed by atoms with Gasteiger partial charge in [0, 0.05) is 5.56 Å². The van der Waals surface area contributed by atoms with Crippen LogP contribution in [0.3, 0.4) is 0 Å². The van der Waals surface area contributed by atoms with Crippen LogP contribution >= 0.6 is 0 Å². The Morgan fingerprint density at radius 3 is 2.42 bits per heavy atom. The number of benzene rings is 1.